The smallest absolute Gasteiger partial charge is 0.220 e. The van der Waals surface area contributed by atoms with E-state index in [0.717, 1.165) is 35.4 Å². The van der Waals surface area contributed by atoms with Crippen LogP contribution in [-0.2, 0) is 11.3 Å². The van der Waals surface area contributed by atoms with Crippen molar-refractivity contribution in [1.29, 1.82) is 0 Å². The van der Waals surface area contributed by atoms with Crippen LogP contribution in [0.3, 0.4) is 0 Å². The van der Waals surface area contributed by atoms with Crippen molar-refractivity contribution in [3.8, 4) is 0 Å². The number of nitrogens with one attached hydrogen (secondary N) is 1. The van der Waals surface area contributed by atoms with E-state index in [1.54, 1.807) is 6.07 Å². The second kappa shape index (κ2) is 5.91. The summed E-state index contributed by atoms with van der Waals surface area (Å²) in [7, 11) is 0. The van der Waals surface area contributed by atoms with Crippen LogP contribution >= 0.6 is 0 Å². The highest BCUT2D eigenvalue weighted by molar-refractivity contribution is 5.77. The normalized spacial score (nSPS) is 18.3. The molecule has 1 fully saturated rings. The number of halogens is 1. The first-order chi connectivity index (χ1) is 10.5. The molecule has 1 atom stereocenters. The van der Waals surface area contributed by atoms with Gasteiger partial charge in [0.05, 0.1) is 18.3 Å². The Bertz CT molecular complexity index is 708. The number of carbonyl (C=O) groups is 1. The van der Waals surface area contributed by atoms with Crippen LogP contribution in [0.2, 0.25) is 0 Å². The fourth-order valence-corrected chi connectivity index (χ4v) is 3.20. The SMILES string of the molecule is Cc1nn(Cc2cccc(F)c2)c(C)c1C1CCCC(=O)N1. The Balaban J connectivity index is 1.88. The topological polar surface area (TPSA) is 46.9 Å². The number of piperidine rings is 1. The predicted octanol–water partition coefficient (Wildman–Crippen LogP) is 3.03. The standard InChI is InChI=1S/C17H20FN3O/c1-11-17(15-7-4-8-16(22)19-15)12(2)21(20-11)10-13-5-3-6-14(18)9-13/h3,5-6,9,15H,4,7-8,10H2,1-2H3,(H,19,22). The van der Waals surface area contributed by atoms with Gasteiger partial charge in [0, 0.05) is 17.7 Å². The van der Waals surface area contributed by atoms with Crippen LogP contribution < -0.4 is 5.32 Å². The first-order valence-corrected chi connectivity index (χ1v) is 7.62. The number of benzene rings is 1. The summed E-state index contributed by atoms with van der Waals surface area (Å²) in [5.41, 5.74) is 3.95. The maximum absolute atomic E-state index is 13.3. The molecule has 0 bridgehead atoms. The van der Waals surface area contributed by atoms with Gasteiger partial charge in [0.2, 0.25) is 5.91 Å². The zero-order chi connectivity index (χ0) is 15.7. The highest BCUT2D eigenvalue weighted by atomic mass is 19.1. The van der Waals surface area contributed by atoms with Crippen molar-refractivity contribution in [2.24, 2.45) is 0 Å². The summed E-state index contributed by atoms with van der Waals surface area (Å²) in [5.74, 6) is -0.133. The fourth-order valence-electron chi connectivity index (χ4n) is 3.20. The van der Waals surface area contributed by atoms with Crippen molar-refractivity contribution in [2.75, 3.05) is 0 Å². The van der Waals surface area contributed by atoms with Gasteiger partial charge in [-0.15, -0.1) is 0 Å². The lowest BCUT2D eigenvalue weighted by Crippen LogP contribution is -2.33. The Labute approximate surface area is 129 Å². The predicted molar refractivity (Wildman–Crippen MR) is 81.9 cm³/mol. The number of nitrogens with zero attached hydrogens (tertiary/aromatic N) is 2. The molecule has 22 heavy (non-hydrogen) atoms. The summed E-state index contributed by atoms with van der Waals surface area (Å²) >= 11 is 0. The quantitative estimate of drug-likeness (QED) is 0.947. The van der Waals surface area contributed by atoms with E-state index in [1.165, 1.54) is 12.1 Å². The minimum atomic E-state index is -0.237. The second-order valence-corrected chi connectivity index (χ2v) is 5.88. The Hall–Kier alpha value is -2.17. The second-order valence-electron chi connectivity index (χ2n) is 5.88. The Morgan fingerprint density at radius 2 is 2.23 bits per heavy atom. The molecular weight excluding hydrogens is 281 g/mol. The van der Waals surface area contributed by atoms with Crippen LogP contribution in [0.25, 0.3) is 0 Å². The molecule has 1 saturated heterocycles. The van der Waals surface area contributed by atoms with Gasteiger partial charge in [0.15, 0.2) is 0 Å². The number of rotatable bonds is 3. The Kier molecular flexibility index (Phi) is 3.96. The average Bonchev–Trinajstić information content (AvgIpc) is 2.73. The van der Waals surface area contributed by atoms with E-state index >= 15 is 0 Å². The highest BCUT2D eigenvalue weighted by Gasteiger charge is 2.25. The lowest BCUT2D eigenvalue weighted by atomic mass is 9.96. The van der Waals surface area contributed by atoms with Crippen molar-refractivity contribution in [1.82, 2.24) is 15.1 Å². The fraction of sp³-hybridized carbons (Fsp3) is 0.412. The van der Waals surface area contributed by atoms with Gasteiger partial charge in [-0.25, -0.2) is 4.39 Å². The Morgan fingerprint density at radius 1 is 1.41 bits per heavy atom. The van der Waals surface area contributed by atoms with Gasteiger partial charge in [-0.2, -0.15) is 5.10 Å². The largest absolute Gasteiger partial charge is 0.349 e. The molecule has 116 valence electrons. The van der Waals surface area contributed by atoms with Gasteiger partial charge < -0.3 is 5.32 Å². The number of amides is 1. The first-order valence-electron chi connectivity index (χ1n) is 7.62. The molecule has 1 unspecified atom stereocenters. The molecular formula is C17H20FN3O. The van der Waals surface area contributed by atoms with E-state index in [2.05, 4.69) is 10.4 Å². The number of hydrogen-bond donors (Lipinski definition) is 1. The van der Waals surface area contributed by atoms with Crippen LogP contribution in [-0.4, -0.2) is 15.7 Å². The van der Waals surface area contributed by atoms with Crippen LogP contribution in [0.4, 0.5) is 4.39 Å². The van der Waals surface area contributed by atoms with Crippen molar-refractivity contribution >= 4 is 5.91 Å². The van der Waals surface area contributed by atoms with Gasteiger partial charge in [0.25, 0.3) is 0 Å². The molecule has 2 aromatic rings. The van der Waals surface area contributed by atoms with E-state index < -0.39 is 0 Å². The number of aryl methyl sites for hydroxylation is 1. The molecule has 1 aromatic heterocycles. The molecule has 1 amide bonds. The van der Waals surface area contributed by atoms with Gasteiger partial charge in [-0.05, 0) is 44.4 Å². The van der Waals surface area contributed by atoms with E-state index in [9.17, 15) is 9.18 Å². The lowest BCUT2D eigenvalue weighted by Gasteiger charge is -2.23. The van der Waals surface area contributed by atoms with Gasteiger partial charge in [-0.1, -0.05) is 12.1 Å². The maximum atomic E-state index is 13.3. The maximum Gasteiger partial charge on any atom is 0.220 e. The number of carbonyl (C=O) groups excluding carboxylic acids is 1. The molecule has 5 heteroatoms. The molecule has 4 nitrogen and oxygen atoms in total. The first kappa shape index (κ1) is 14.8. The summed E-state index contributed by atoms with van der Waals surface area (Å²) in [5, 5.41) is 7.63. The molecule has 0 aliphatic carbocycles. The molecule has 1 N–H and O–H groups in total. The minimum Gasteiger partial charge on any atom is -0.349 e. The number of hydrogen-bond acceptors (Lipinski definition) is 2. The molecule has 0 radical (unpaired) electrons. The summed E-state index contributed by atoms with van der Waals surface area (Å²) in [4.78, 5) is 11.6. The zero-order valence-electron chi connectivity index (χ0n) is 12.9. The van der Waals surface area contributed by atoms with Crippen LogP contribution in [0, 0.1) is 19.7 Å². The Morgan fingerprint density at radius 3 is 2.95 bits per heavy atom. The van der Waals surface area contributed by atoms with Crippen molar-refractivity contribution < 1.29 is 9.18 Å². The van der Waals surface area contributed by atoms with Crippen LogP contribution in [0.5, 0.6) is 0 Å². The molecule has 3 rings (SSSR count). The third-order valence-electron chi connectivity index (χ3n) is 4.24. The lowest BCUT2D eigenvalue weighted by molar-refractivity contribution is -0.123. The van der Waals surface area contributed by atoms with Crippen LogP contribution in [0.15, 0.2) is 24.3 Å². The van der Waals surface area contributed by atoms with Gasteiger partial charge in [-0.3, -0.25) is 9.48 Å². The highest BCUT2D eigenvalue weighted by Crippen LogP contribution is 2.28. The molecule has 2 heterocycles. The van der Waals surface area contributed by atoms with Crippen molar-refractivity contribution in [3.05, 3.63) is 52.6 Å². The molecule has 1 aromatic carbocycles. The van der Waals surface area contributed by atoms with Gasteiger partial charge >= 0.3 is 0 Å². The summed E-state index contributed by atoms with van der Waals surface area (Å²) < 4.78 is 15.2. The molecule has 0 saturated carbocycles. The van der Waals surface area contributed by atoms with E-state index in [-0.39, 0.29) is 17.8 Å². The zero-order valence-corrected chi connectivity index (χ0v) is 12.9. The third-order valence-corrected chi connectivity index (χ3v) is 4.24. The van der Waals surface area contributed by atoms with E-state index in [4.69, 9.17) is 0 Å². The van der Waals surface area contributed by atoms with Crippen molar-refractivity contribution in [2.45, 2.75) is 45.7 Å². The summed E-state index contributed by atoms with van der Waals surface area (Å²) in [6.45, 7) is 4.51. The molecule has 0 spiro atoms. The molecule has 1 aliphatic rings. The van der Waals surface area contributed by atoms with Crippen LogP contribution in [0.1, 0.15) is 47.8 Å². The van der Waals surface area contributed by atoms with Gasteiger partial charge in [0.1, 0.15) is 5.82 Å². The third kappa shape index (κ3) is 2.89. The average molecular weight is 301 g/mol. The van der Waals surface area contributed by atoms with E-state index in [1.807, 2.05) is 24.6 Å². The summed E-state index contributed by atoms with van der Waals surface area (Å²) in [6, 6.07) is 6.61. The minimum absolute atomic E-state index is 0.0440. The molecule has 1 aliphatic heterocycles. The summed E-state index contributed by atoms with van der Waals surface area (Å²) in [6.07, 6.45) is 2.45. The monoisotopic (exact) mass is 301 g/mol. The number of aromatic nitrogens is 2. The van der Waals surface area contributed by atoms with Crippen molar-refractivity contribution in [3.63, 3.8) is 0 Å². The van der Waals surface area contributed by atoms with E-state index in [0.29, 0.717) is 13.0 Å².